The van der Waals surface area contributed by atoms with Gasteiger partial charge in [-0.3, -0.25) is 0 Å². The fraction of sp³-hybridized carbons (Fsp3) is 0.636. The van der Waals surface area contributed by atoms with E-state index in [4.69, 9.17) is 0 Å². The van der Waals surface area contributed by atoms with Crippen LogP contribution in [0.2, 0.25) is 0 Å². The Morgan fingerprint density at radius 1 is 1.43 bits per heavy atom. The lowest BCUT2D eigenvalue weighted by Crippen LogP contribution is -2.15. The van der Waals surface area contributed by atoms with Crippen LogP contribution in [0.15, 0.2) is 15.9 Å². The maximum atomic E-state index is 3.49. The Balaban J connectivity index is 2.54. The van der Waals surface area contributed by atoms with Gasteiger partial charge in [-0.15, -0.1) is 11.3 Å². The van der Waals surface area contributed by atoms with E-state index in [1.807, 2.05) is 18.4 Å². The Kier molecular flexibility index (Phi) is 5.13. The van der Waals surface area contributed by atoms with Crippen molar-refractivity contribution in [3.05, 3.63) is 20.8 Å². The van der Waals surface area contributed by atoms with Gasteiger partial charge >= 0.3 is 0 Å². The Labute approximate surface area is 99.0 Å². The molecule has 0 radical (unpaired) electrons. The van der Waals surface area contributed by atoms with E-state index in [1.165, 1.54) is 22.2 Å². The summed E-state index contributed by atoms with van der Waals surface area (Å²) in [7, 11) is 2.04. The molecule has 1 aromatic heterocycles. The van der Waals surface area contributed by atoms with Crippen LogP contribution in [0.1, 0.15) is 37.6 Å². The second-order valence-corrected chi connectivity index (χ2v) is 5.84. The van der Waals surface area contributed by atoms with E-state index in [2.05, 4.69) is 46.5 Å². The first-order valence-corrected chi connectivity index (χ1v) is 6.72. The Morgan fingerprint density at radius 3 is 2.57 bits per heavy atom. The minimum atomic E-state index is 0.522. The van der Waals surface area contributed by atoms with Crippen molar-refractivity contribution in [3.8, 4) is 0 Å². The molecule has 0 bridgehead atoms. The Hall–Kier alpha value is 0.140. The summed E-state index contributed by atoms with van der Waals surface area (Å²) in [5.74, 6) is 0.786. The van der Waals surface area contributed by atoms with Gasteiger partial charge in [0.2, 0.25) is 0 Å². The van der Waals surface area contributed by atoms with Gasteiger partial charge < -0.3 is 5.32 Å². The summed E-state index contributed by atoms with van der Waals surface area (Å²) in [5.41, 5.74) is 0. The lowest BCUT2D eigenvalue weighted by Gasteiger charge is -2.15. The van der Waals surface area contributed by atoms with Gasteiger partial charge in [-0.2, -0.15) is 0 Å². The molecule has 0 amide bonds. The summed E-state index contributed by atoms with van der Waals surface area (Å²) in [6.45, 7) is 4.55. The van der Waals surface area contributed by atoms with Crippen LogP contribution in [0.4, 0.5) is 0 Å². The third-order valence-electron chi connectivity index (χ3n) is 2.31. The smallest absolute Gasteiger partial charge is 0.0412 e. The Bertz CT molecular complexity index is 270. The largest absolute Gasteiger partial charge is 0.312 e. The van der Waals surface area contributed by atoms with Crippen LogP contribution in [-0.4, -0.2) is 7.05 Å². The predicted molar refractivity (Wildman–Crippen MR) is 67.9 cm³/mol. The van der Waals surface area contributed by atoms with Gasteiger partial charge in [0.1, 0.15) is 0 Å². The van der Waals surface area contributed by atoms with Crippen LogP contribution in [-0.2, 0) is 0 Å². The maximum absolute atomic E-state index is 3.49. The van der Waals surface area contributed by atoms with E-state index < -0.39 is 0 Å². The molecule has 1 heterocycles. The van der Waals surface area contributed by atoms with Crippen molar-refractivity contribution in [2.75, 3.05) is 7.05 Å². The SMILES string of the molecule is CNC(CCC(C)C)c1cc(Br)cs1. The number of hydrogen-bond donors (Lipinski definition) is 1. The zero-order valence-electron chi connectivity index (χ0n) is 9.01. The fourth-order valence-corrected chi connectivity index (χ4v) is 3.03. The molecule has 1 aromatic rings. The van der Waals surface area contributed by atoms with Crippen molar-refractivity contribution in [3.63, 3.8) is 0 Å². The summed E-state index contributed by atoms with van der Waals surface area (Å²) < 4.78 is 1.20. The van der Waals surface area contributed by atoms with E-state index in [-0.39, 0.29) is 0 Å². The van der Waals surface area contributed by atoms with Crippen molar-refractivity contribution in [1.29, 1.82) is 0 Å². The topological polar surface area (TPSA) is 12.0 Å². The molecule has 1 N–H and O–H groups in total. The van der Waals surface area contributed by atoms with E-state index in [0.717, 1.165) is 5.92 Å². The molecular weight excluding hydrogens is 258 g/mol. The van der Waals surface area contributed by atoms with Crippen molar-refractivity contribution >= 4 is 27.3 Å². The van der Waals surface area contributed by atoms with Crippen molar-refractivity contribution in [2.45, 2.75) is 32.7 Å². The van der Waals surface area contributed by atoms with Crippen molar-refractivity contribution < 1.29 is 0 Å². The maximum Gasteiger partial charge on any atom is 0.0412 e. The molecular formula is C11H18BrNS. The molecule has 14 heavy (non-hydrogen) atoms. The van der Waals surface area contributed by atoms with Gasteiger partial charge in [-0.1, -0.05) is 13.8 Å². The molecule has 0 fully saturated rings. The predicted octanol–water partition coefficient (Wildman–Crippen LogP) is 4.21. The molecule has 1 unspecified atom stereocenters. The van der Waals surface area contributed by atoms with Crippen molar-refractivity contribution in [1.82, 2.24) is 5.32 Å². The van der Waals surface area contributed by atoms with E-state index in [9.17, 15) is 0 Å². The minimum absolute atomic E-state index is 0.522. The minimum Gasteiger partial charge on any atom is -0.312 e. The van der Waals surface area contributed by atoms with Crippen LogP contribution in [0.3, 0.4) is 0 Å². The molecule has 0 saturated carbocycles. The monoisotopic (exact) mass is 275 g/mol. The molecule has 1 nitrogen and oxygen atoms in total. The zero-order chi connectivity index (χ0) is 10.6. The Morgan fingerprint density at radius 2 is 2.14 bits per heavy atom. The summed E-state index contributed by atoms with van der Waals surface area (Å²) in [4.78, 5) is 1.43. The number of nitrogens with one attached hydrogen (secondary N) is 1. The summed E-state index contributed by atoms with van der Waals surface area (Å²) >= 11 is 5.32. The van der Waals surface area contributed by atoms with E-state index in [1.54, 1.807) is 0 Å². The van der Waals surface area contributed by atoms with Crippen LogP contribution >= 0.6 is 27.3 Å². The van der Waals surface area contributed by atoms with Gasteiger partial charge in [0.05, 0.1) is 0 Å². The second kappa shape index (κ2) is 5.89. The van der Waals surface area contributed by atoms with Gasteiger partial charge in [0.15, 0.2) is 0 Å². The lowest BCUT2D eigenvalue weighted by atomic mass is 10.0. The second-order valence-electron chi connectivity index (χ2n) is 3.98. The third-order valence-corrected chi connectivity index (χ3v) is 4.12. The molecule has 0 saturated heterocycles. The molecule has 0 aliphatic heterocycles. The molecule has 3 heteroatoms. The van der Waals surface area contributed by atoms with Crippen LogP contribution in [0.25, 0.3) is 0 Å². The van der Waals surface area contributed by atoms with Gasteiger partial charge in [0, 0.05) is 20.8 Å². The number of halogens is 1. The normalized spacial score (nSPS) is 13.5. The molecule has 0 aliphatic rings. The van der Waals surface area contributed by atoms with Crippen LogP contribution in [0, 0.1) is 5.92 Å². The summed E-state index contributed by atoms with van der Waals surface area (Å²) in [6, 6.07) is 2.74. The third kappa shape index (κ3) is 3.71. The first-order valence-electron chi connectivity index (χ1n) is 5.04. The highest BCUT2D eigenvalue weighted by atomic mass is 79.9. The number of thiophene rings is 1. The molecule has 0 aliphatic carbocycles. The zero-order valence-corrected chi connectivity index (χ0v) is 11.4. The number of hydrogen-bond acceptors (Lipinski definition) is 2. The highest BCUT2D eigenvalue weighted by molar-refractivity contribution is 9.10. The van der Waals surface area contributed by atoms with Gasteiger partial charge in [0.25, 0.3) is 0 Å². The van der Waals surface area contributed by atoms with Crippen LogP contribution in [0.5, 0.6) is 0 Å². The standard InChI is InChI=1S/C11H18BrNS/c1-8(2)4-5-10(13-3)11-6-9(12)7-14-11/h6-8,10,13H,4-5H2,1-3H3. The average Bonchev–Trinajstić information content (AvgIpc) is 2.53. The molecule has 1 atom stereocenters. The molecule has 1 rings (SSSR count). The fourth-order valence-electron chi connectivity index (χ4n) is 1.44. The van der Waals surface area contributed by atoms with Gasteiger partial charge in [-0.05, 0) is 47.8 Å². The molecule has 80 valence electrons. The summed E-state index contributed by atoms with van der Waals surface area (Å²) in [6.07, 6.45) is 2.50. The van der Waals surface area contributed by atoms with E-state index in [0.29, 0.717) is 6.04 Å². The highest BCUT2D eigenvalue weighted by Crippen LogP contribution is 2.28. The average molecular weight is 276 g/mol. The van der Waals surface area contributed by atoms with Crippen molar-refractivity contribution in [2.24, 2.45) is 5.92 Å². The first-order chi connectivity index (χ1) is 6.63. The highest BCUT2D eigenvalue weighted by Gasteiger charge is 2.11. The summed E-state index contributed by atoms with van der Waals surface area (Å²) in [5, 5.41) is 5.52. The first kappa shape index (κ1) is 12.2. The van der Waals surface area contributed by atoms with Crippen LogP contribution < -0.4 is 5.32 Å². The van der Waals surface area contributed by atoms with E-state index >= 15 is 0 Å². The van der Waals surface area contributed by atoms with Gasteiger partial charge in [-0.25, -0.2) is 0 Å². The lowest BCUT2D eigenvalue weighted by molar-refractivity contribution is 0.469. The molecule has 0 aromatic carbocycles. The molecule has 0 spiro atoms. The number of rotatable bonds is 5. The quantitative estimate of drug-likeness (QED) is 0.849.